The summed E-state index contributed by atoms with van der Waals surface area (Å²) >= 11 is 0. The smallest absolute Gasteiger partial charge is 0.267 e. The predicted molar refractivity (Wildman–Crippen MR) is 153 cm³/mol. The molecule has 8 nitrogen and oxygen atoms in total. The van der Waals surface area contributed by atoms with Gasteiger partial charge in [0.25, 0.3) is 10.0 Å². The van der Waals surface area contributed by atoms with E-state index in [9.17, 15) is 8.42 Å². The lowest BCUT2D eigenvalue weighted by Gasteiger charge is -2.29. The number of benzene rings is 2. The standard InChI is InChI=1S/C29H36N6O2S/c1-21-10-16-25(17-11-21)38(36,37)35-18-6-7-24(35)20-30-19-22-12-14-23(15-13-22)31-29-32-27-9-5-4-8-26(27)28(33-29)34(2)3/h4-11,16-18,22-23,30H,12-15,19-20H2,1-3H3,(H,31,32,33)/t22-,23+. The van der Waals surface area contributed by atoms with Crippen molar-refractivity contribution in [3.05, 3.63) is 78.1 Å². The SMILES string of the molecule is Cc1ccc(S(=O)(=O)n2cccc2CNC[C@H]2CC[C@@H](Nc3nc(N(C)C)c4ccccc4n3)CC2)cc1. The third-order valence-corrected chi connectivity index (χ3v) is 9.04. The van der Waals surface area contributed by atoms with Crippen LogP contribution in [-0.2, 0) is 16.6 Å². The molecule has 2 aromatic carbocycles. The molecule has 1 saturated carbocycles. The molecule has 0 aliphatic heterocycles. The summed E-state index contributed by atoms with van der Waals surface area (Å²) in [4.78, 5) is 11.9. The summed E-state index contributed by atoms with van der Waals surface area (Å²) in [7, 11) is 0.407. The van der Waals surface area contributed by atoms with Gasteiger partial charge in [0.15, 0.2) is 0 Å². The van der Waals surface area contributed by atoms with Crippen molar-refractivity contribution in [3.8, 4) is 0 Å². The van der Waals surface area contributed by atoms with Gasteiger partial charge in [-0.2, -0.15) is 4.98 Å². The minimum absolute atomic E-state index is 0.305. The molecule has 1 fully saturated rings. The molecular weight excluding hydrogens is 496 g/mol. The molecule has 0 saturated heterocycles. The summed E-state index contributed by atoms with van der Waals surface area (Å²) in [6.45, 7) is 3.32. The second-order valence-corrected chi connectivity index (χ2v) is 12.2. The first-order valence-electron chi connectivity index (χ1n) is 13.2. The molecule has 9 heteroatoms. The van der Waals surface area contributed by atoms with Crippen molar-refractivity contribution in [1.82, 2.24) is 19.3 Å². The Hall–Kier alpha value is -3.43. The van der Waals surface area contributed by atoms with E-state index in [1.165, 1.54) is 3.97 Å². The van der Waals surface area contributed by atoms with E-state index in [0.29, 0.717) is 29.3 Å². The van der Waals surface area contributed by atoms with Gasteiger partial charge in [-0.1, -0.05) is 29.8 Å². The van der Waals surface area contributed by atoms with E-state index < -0.39 is 10.0 Å². The normalized spacial score (nSPS) is 18.0. The highest BCUT2D eigenvalue weighted by Gasteiger charge is 2.23. The van der Waals surface area contributed by atoms with Gasteiger partial charge >= 0.3 is 0 Å². The first kappa shape index (κ1) is 26.2. The summed E-state index contributed by atoms with van der Waals surface area (Å²) in [5.74, 6) is 2.16. The molecule has 5 rings (SSSR count). The Morgan fingerprint density at radius 2 is 1.68 bits per heavy atom. The van der Waals surface area contributed by atoms with E-state index >= 15 is 0 Å². The molecule has 1 aliphatic rings. The third kappa shape index (κ3) is 5.68. The molecule has 200 valence electrons. The zero-order valence-corrected chi connectivity index (χ0v) is 23.1. The quantitative estimate of drug-likeness (QED) is 0.320. The fourth-order valence-corrected chi connectivity index (χ4v) is 6.53. The van der Waals surface area contributed by atoms with Crippen LogP contribution in [-0.4, -0.2) is 49.0 Å². The highest BCUT2D eigenvalue weighted by atomic mass is 32.2. The molecule has 2 N–H and O–H groups in total. The Labute approximate surface area is 225 Å². The largest absolute Gasteiger partial charge is 0.362 e. The van der Waals surface area contributed by atoms with Crippen LogP contribution in [0, 0.1) is 12.8 Å². The van der Waals surface area contributed by atoms with Crippen LogP contribution in [0.25, 0.3) is 10.9 Å². The molecule has 0 bridgehead atoms. The maximum atomic E-state index is 13.1. The van der Waals surface area contributed by atoms with Gasteiger partial charge in [-0.25, -0.2) is 17.4 Å². The van der Waals surface area contributed by atoms with Gasteiger partial charge in [0, 0.05) is 44.0 Å². The molecule has 0 unspecified atom stereocenters. The van der Waals surface area contributed by atoms with E-state index in [0.717, 1.165) is 60.2 Å². The van der Waals surface area contributed by atoms with Crippen LogP contribution in [0.4, 0.5) is 11.8 Å². The van der Waals surface area contributed by atoms with Crippen molar-refractivity contribution in [2.75, 3.05) is 30.9 Å². The second-order valence-electron chi connectivity index (χ2n) is 10.4. The van der Waals surface area contributed by atoms with Gasteiger partial charge in [-0.15, -0.1) is 0 Å². The Bertz CT molecular complexity index is 1490. The van der Waals surface area contributed by atoms with Gasteiger partial charge in [-0.05, 0) is 81.5 Å². The van der Waals surface area contributed by atoms with Crippen LogP contribution >= 0.6 is 0 Å². The first-order chi connectivity index (χ1) is 18.3. The lowest BCUT2D eigenvalue weighted by molar-refractivity contribution is 0.323. The van der Waals surface area contributed by atoms with Gasteiger partial charge in [0.2, 0.25) is 5.95 Å². The maximum absolute atomic E-state index is 13.1. The maximum Gasteiger partial charge on any atom is 0.267 e. The number of para-hydroxylation sites is 1. The molecule has 2 heterocycles. The Morgan fingerprint density at radius 3 is 2.42 bits per heavy atom. The number of nitrogens with zero attached hydrogens (tertiary/aromatic N) is 4. The van der Waals surface area contributed by atoms with Crippen molar-refractivity contribution in [3.63, 3.8) is 0 Å². The highest BCUT2D eigenvalue weighted by molar-refractivity contribution is 7.90. The van der Waals surface area contributed by atoms with Crippen molar-refractivity contribution < 1.29 is 8.42 Å². The number of anilines is 2. The number of aromatic nitrogens is 3. The zero-order chi connectivity index (χ0) is 26.7. The van der Waals surface area contributed by atoms with Gasteiger partial charge < -0.3 is 15.5 Å². The average molecular weight is 533 g/mol. The molecule has 1 aliphatic carbocycles. The fourth-order valence-electron chi connectivity index (χ4n) is 5.16. The summed E-state index contributed by atoms with van der Waals surface area (Å²) in [6, 6.07) is 19.1. The second kappa shape index (κ2) is 11.1. The fraction of sp³-hybridized carbons (Fsp3) is 0.379. The average Bonchev–Trinajstić information content (AvgIpc) is 3.39. The molecule has 2 aromatic heterocycles. The molecule has 0 atom stereocenters. The number of hydrogen-bond acceptors (Lipinski definition) is 7. The molecule has 0 spiro atoms. The van der Waals surface area contributed by atoms with Crippen LogP contribution in [0.15, 0.2) is 71.8 Å². The monoisotopic (exact) mass is 532 g/mol. The molecule has 4 aromatic rings. The molecule has 38 heavy (non-hydrogen) atoms. The highest BCUT2D eigenvalue weighted by Crippen LogP contribution is 2.28. The summed E-state index contributed by atoms with van der Waals surface area (Å²) in [5, 5.41) is 8.12. The lowest BCUT2D eigenvalue weighted by Crippen LogP contribution is -2.32. The van der Waals surface area contributed by atoms with E-state index in [-0.39, 0.29) is 0 Å². The van der Waals surface area contributed by atoms with Gasteiger partial charge in [0.05, 0.1) is 10.4 Å². The molecule has 0 amide bonds. The minimum atomic E-state index is -3.60. The van der Waals surface area contributed by atoms with E-state index in [4.69, 9.17) is 9.97 Å². The summed E-state index contributed by atoms with van der Waals surface area (Å²) in [6.07, 6.45) is 5.93. The van der Waals surface area contributed by atoms with E-state index in [2.05, 4.69) is 16.7 Å². The predicted octanol–water partition coefficient (Wildman–Crippen LogP) is 4.80. The van der Waals surface area contributed by atoms with Crippen LogP contribution in [0.5, 0.6) is 0 Å². The van der Waals surface area contributed by atoms with Crippen LogP contribution in [0.2, 0.25) is 0 Å². The number of nitrogens with one attached hydrogen (secondary N) is 2. The Morgan fingerprint density at radius 1 is 0.947 bits per heavy atom. The van der Waals surface area contributed by atoms with Crippen LogP contribution < -0.4 is 15.5 Å². The van der Waals surface area contributed by atoms with E-state index in [1.54, 1.807) is 24.4 Å². The zero-order valence-electron chi connectivity index (χ0n) is 22.3. The molecular formula is C29H36N6O2S. The van der Waals surface area contributed by atoms with E-state index in [1.807, 2.05) is 62.3 Å². The van der Waals surface area contributed by atoms with Crippen LogP contribution in [0.3, 0.4) is 0 Å². The van der Waals surface area contributed by atoms with Crippen molar-refractivity contribution in [1.29, 1.82) is 0 Å². The summed E-state index contributed by atoms with van der Waals surface area (Å²) in [5.41, 5.74) is 2.72. The minimum Gasteiger partial charge on any atom is -0.362 e. The Kier molecular flexibility index (Phi) is 7.67. The van der Waals surface area contributed by atoms with Gasteiger partial charge in [0.1, 0.15) is 5.82 Å². The number of fused-ring (bicyclic) bond motifs is 1. The van der Waals surface area contributed by atoms with Gasteiger partial charge in [-0.3, -0.25) is 0 Å². The number of rotatable bonds is 9. The Balaban J connectivity index is 1.14. The third-order valence-electron chi connectivity index (χ3n) is 7.30. The summed E-state index contributed by atoms with van der Waals surface area (Å²) < 4.78 is 27.6. The van der Waals surface area contributed by atoms with Crippen LogP contribution in [0.1, 0.15) is 36.9 Å². The van der Waals surface area contributed by atoms with Crippen molar-refractivity contribution in [2.45, 2.75) is 50.1 Å². The number of aryl methyl sites for hydroxylation is 1. The number of hydrogen-bond donors (Lipinski definition) is 2. The van der Waals surface area contributed by atoms with Crippen molar-refractivity contribution >= 4 is 32.7 Å². The molecule has 0 radical (unpaired) electrons. The first-order valence-corrected chi connectivity index (χ1v) is 14.6. The van der Waals surface area contributed by atoms with Crippen molar-refractivity contribution in [2.24, 2.45) is 5.92 Å². The topological polar surface area (TPSA) is 92.2 Å². The lowest BCUT2D eigenvalue weighted by atomic mass is 9.86.